The second kappa shape index (κ2) is 15.1. The van der Waals surface area contributed by atoms with Crippen LogP contribution in [0, 0.1) is 0 Å². The fourth-order valence-electron chi connectivity index (χ4n) is 3.60. The van der Waals surface area contributed by atoms with Crippen LogP contribution in [0.15, 0.2) is 54.6 Å². The molecule has 0 aromatic heterocycles. The number of aliphatic hydroxyl groups is 1. The largest absolute Gasteiger partial charge is 0.508 e. The minimum atomic E-state index is -1.55. The van der Waals surface area contributed by atoms with Gasteiger partial charge in [0.15, 0.2) is 0 Å². The molecule has 2 rings (SSSR count). The zero-order valence-electron chi connectivity index (χ0n) is 21.1. The second-order valence-corrected chi connectivity index (χ2v) is 8.88. The van der Waals surface area contributed by atoms with Crippen molar-refractivity contribution in [3.05, 3.63) is 65.7 Å². The molecule has 4 atom stereocenters. The van der Waals surface area contributed by atoms with Crippen molar-refractivity contribution >= 4 is 29.6 Å². The van der Waals surface area contributed by atoms with Gasteiger partial charge in [0, 0.05) is 12.8 Å². The molecule has 0 aliphatic carbocycles. The summed E-state index contributed by atoms with van der Waals surface area (Å²) in [6, 6.07) is 9.24. The molecule has 0 aliphatic rings. The number of benzene rings is 2. The number of aliphatic carboxylic acids is 1. The van der Waals surface area contributed by atoms with Gasteiger partial charge in [-0.25, -0.2) is 4.79 Å². The van der Waals surface area contributed by atoms with Gasteiger partial charge in [-0.1, -0.05) is 42.5 Å². The molecule has 0 aliphatic heterocycles. The molecule has 13 heteroatoms. The summed E-state index contributed by atoms with van der Waals surface area (Å²) in [5, 5.41) is 35.6. The van der Waals surface area contributed by atoms with Crippen LogP contribution in [0.25, 0.3) is 0 Å². The number of aliphatic hydroxyl groups excluding tert-OH is 1. The SMILES string of the molecule is NC(=O)CCC(NC(=O)C(N)Cc1ccc(O)cc1)C(=O)NC(CO)C(=O)NC(Cc1ccccc1)C(=O)O. The average molecular weight is 544 g/mol. The van der Waals surface area contributed by atoms with Crippen molar-refractivity contribution in [1.29, 1.82) is 0 Å². The van der Waals surface area contributed by atoms with E-state index in [4.69, 9.17) is 11.5 Å². The van der Waals surface area contributed by atoms with Crippen LogP contribution < -0.4 is 27.4 Å². The maximum Gasteiger partial charge on any atom is 0.326 e. The maximum atomic E-state index is 12.9. The van der Waals surface area contributed by atoms with Gasteiger partial charge >= 0.3 is 5.97 Å². The van der Waals surface area contributed by atoms with Crippen molar-refractivity contribution in [2.24, 2.45) is 11.5 Å². The lowest BCUT2D eigenvalue weighted by Crippen LogP contribution is -2.58. The highest BCUT2D eigenvalue weighted by molar-refractivity contribution is 5.94. The third-order valence-electron chi connectivity index (χ3n) is 5.75. The second-order valence-electron chi connectivity index (χ2n) is 8.88. The van der Waals surface area contributed by atoms with Crippen LogP contribution >= 0.6 is 0 Å². The monoisotopic (exact) mass is 543 g/mol. The van der Waals surface area contributed by atoms with Crippen molar-refractivity contribution in [3.8, 4) is 5.75 Å². The summed E-state index contributed by atoms with van der Waals surface area (Å²) >= 11 is 0. The number of nitrogens with two attached hydrogens (primary N) is 2. The zero-order valence-corrected chi connectivity index (χ0v) is 21.1. The zero-order chi connectivity index (χ0) is 28.9. The fourth-order valence-corrected chi connectivity index (χ4v) is 3.60. The Morgan fingerprint density at radius 3 is 1.85 bits per heavy atom. The van der Waals surface area contributed by atoms with Gasteiger partial charge < -0.3 is 42.7 Å². The Balaban J connectivity index is 2.06. The van der Waals surface area contributed by atoms with E-state index in [0.29, 0.717) is 11.1 Å². The fraction of sp³-hybridized carbons (Fsp3) is 0.346. The van der Waals surface area contributed by atoms with Crippen LogP contribution in [0.5, 0.6) is 5.75 Å². The van der Waals surface area contributed by atoms with Gasteiger partial charge in [-0.2, -0.15) is 0 Å². The van der Waals surface area contributed by atoms with E-state index < -0.39 is 60.4 Å². The standard InChI is InChI=1S/C26H33N5O8/c27-18(12-16-6-8-17(33)9-7-16)23(35)29-19(10-11-22(28)34)24(36)31-21(14-32)25(37)30-20(26(38)39)13-15-4-2-1-3-5-15/h1-9,18-21,32-33H,10-14,27H2,(H2,28,34)(H,29,35)(H,30,37)(H,31,36)(H,38,39). The van der Waals surface area contributed by atoms with Gasteiger partial charge in [0.25, 0.3) is 0 Å². The molecule has 10 N–H and O–H groups in total. The van der Waals surface area contributed by atoms with Crippen LogP contribution in [0.1, 0.15) is 24.0 Å². The van der Waals surface area contributed by atoms with Gasteiger partial charge in [-0.3, -0.25) is 19.2 Å². The quantitative estimate of drug-likeness (QED) is 0.128. The summed E-state index contributed by atoms with van der Waals surface area (Å²) in [6.07, 6.45) is -0.454. The number of phenols is 1. The number of hydrogen-bond acceptors (Lipinski definition) is 8. The Labute approximate surface area is 224 Å². The molecule has 0 heterocycles. The number of nitrogens with one attached hydrogen (secondary N) is 3. The van der Waals surface area contributed by atoms with Crippen LogP contribution in [-0.2, 0) is 36.8 Å². The highest BCUT2D eigenvalue weighted by Gasteiger charge is 2.30. The average Bonchev–Trinajstić information content (AvgIpc) is 2.90. The number of rotatable bonds is 15. The third-order valence-corrected chi connectivity index (χ3v) is 5.75. The number of carboxylic acids is 1. The molecule has 4 amide bonds. The highest BCUT2D eigenvalue weighted by Crippen LogP contribution is 2.11. The number of carbonyl (C=O) groups excluding carboxylic acids is 4. The lowest BCUT2D eigenvalue weighted by atomic mass is 10.0. The molecule has 0 bridgehead atoms. The normalized spacial score (nSPS) is 13.8. The maximum absolute atomic E-state index is 12.9. The van der Waals surface area contributed by atoms with Gasteiger partial charge in [0.05, 0.1) is 12.6 Å². The van der Waals surface area contributed by atoms with Crippen molar-refractivity contribution < 1.29 is 39.3 Å². The van der Waals surface area contributed by atoms with E-state index in [1.54, 1.807) is 42.5 Å². The first-order valence-electron chi connectivity index (χ1n) is 12.1. The molecule has 13 nitrogen and oxygen atoms in total. The predicted octanol–water partition coefficient (Wildman–Crippen LogP) is -1.70. The van der Waals surface area contributed by atoms with Gasteiger partial charge in [0.1, 0.15) is 23.9 Å². The molecule has 0 fully saturated rings. The molecule has 0 saturated carbocycles. The Morgan fingerprint density at radius 1 is 0.744 bits per heavy atom. The molecular weight excluding hydrogens is 510 g/mol. The van der Waals surface area contributed by atoms with E-state index in [1.807, 2.05) is 0 Å². The van der Waals surface area contributed by atoms with Gasteiger partial charge in [0.2, 0.25) is 23.6 Å². The van der Waals surface area contributed by atoms with E-state index in [0.717, 1.165) is 0 Å². The van der Waals surface area contributed by atoms with Crippen LogP contribution in [0.2, 0.25) is 0 Å². The highest BCUT2D eigenvalue weighted by atomic mass is 16.4. The Kier molecular flexibility index (Phi) is 11.9. The molecule has 0 spiro atoms. The summed E-state index contributed by atoms with van der Waals surface area (Å²) in [5.74, 6) is -4.62. The molecular formula is C26H33N5O8. The molecule has 0 radical (unpaired) electrons. The molecule has 2 aromatic rings. The van der Waals surface area contributed by atoms with Crippen molar-refractivity contribution in [2.45, 2.75) is 49.9 Å². The molecule has 2 aromatic carbocycles. The van der Waals surface area contributed by atoms with Crippen LogP contribution in [0.4, 0.5) is 0 Å². The first kappa shape index (κ1) is 30.7. The van der Waals surface area contributed by atoms with Gasteiger partial charge in [-0.15, -0.1) is 0 Å². The van der Waals surface area contributed by atoms with Gasteiger partial charge in [-0.05, 0) is 36.1 Å². The lowest BCUT2D eigenvalue weighted by molar-refractivity contribution is -0.142. The van der Waals surface area contributed by atoms with E-state index in [-0.39, 0.29) is 31.4 Å². The Morgan fingerprint density at radius 2 is 1.28 bits per heavy atom. The molecule has 0 saturated heterocycles. The number of carboxylic acid groups (broad SMARTS) is 1. The van der Waals surface area contributed by atoms with E-state index >= 15 is 0 Å². The van der Waals surface area contributed by atoms with E-state index in [9.17, 15) is 39.3 Å². The Hall–Kier alpha value is -4.49. The first-order valence-corrected chi connectivity index (χ1v) is 12.1. The van der Waals surface area contributed by atoms with E-state index in [2.05, 4.69) is 16.0 Å². The minimum Gasteiger partial charge on any atom is -0.508 e. The Bertz CT molecular complexity index is 1140. The van der Waals surface area contributed by atoms with Crippen molar-refractivity contribution in [1.82, 2.24) is 16.0 Å². The summed E-state index contributed by atoms with van der Waals surface area (Å²) in [6.45, 7) is -0.869. The minimum absolute atomic E-state index is 0.0375. The van der Waals surface area contributed by atoms with Crippen molar-refractivity contribution in [2.75, 3.05) is 6.61 Å². The summed E-state index contributed by atoms with van der Waals surface area (Å²) < 4.78 is 0. The predicted molar refractivity (Wildman–Crippen MR) is 139 cm³/mol. The number of carbonyl (C=O) groups is 5. The molecule has 4 unspecified atom stereocenters. The number of primary amides is 1. The topological polar surface area (TPSA) is 234 Å². The number of amides is 4. The molecule has 39 heavy (non-hydrogen) atoms. The summed E-state index contributed by atoms with van der Waals surface area (Å²) in [5.41, 5.74) is 12.4. The molecule has 210 valence electrons. The van der Waals surface area contributed by atoms with Crippen LogP contribution in [-0.4, -0.2) is 75.7 Å². The third kappa shape index (κ3) is 10.4. The smallest absolute Gasteiger partial charge is 0.326 e. The summed E-state index contributed by atoms with van der Waals surface area (Å²) in [4.78, 5) is 61.3. The number of hydrogen-bond donors (Lipinski definition) is 8. The van der Waals surface area contributed by atoms with Crippen LogP contribution in [0.3, 0.4) is 0 Å². The number of aromatic hydroxyl groups is 1. The summed E-state index contributed by atoms with van der Waals surface area (Å²) in [7, 11) is 0. The van der Waals surface area contributed by atoms with E-state index in [1.165, 1.54) is 12.1 Å². The van der Waals surface area contributed by atoms with Crippen molar-refractivity contribution in [3.63, 3.8) is 0 Å². The first-order chi connectivity index (χ1) is 18.5. The lowest BCUT2D eigenvalue weighted by Gasteiger charge is -2.24. The number of phenolic OH excluding ortho intramolecular Hbond substituents is 1.